The highest BCUT2D eigenvalue weighted by Crippen LogP contribution is 2.27. The third-order valence-electron chi connectivity index (χ3n) is 3.49. The molecule has 0 aliphatic heterocycles. The lowest BCUT2D eigenvalue weighted by Crippen LogP contribution is -2.02. The number of halogens is 2. The summed E-state index contributed by atoms with van der Waals surface area (Å²) in [4.78, 5) is 8.98. The van der Waals surface area contributed by atoms with Crippen LogP contribution in [-0.4, -0.2) is 9.97 Å². The molecule has 0 atom stereocenters. The molecule has 2 aromatic rings. The van der Waals surface area contributed by atoms with Gasteiger partial charge < -0.3 is 0 Å². The number of hydrogen-bond acceptors (Lipinski definition) is 2. The van der Waals surface area contributed by atoms with Crippen molar-refractivity contribution in [3.05, 3.63) is 46.5 Å². The van der Waals surface area contributed by atoms with E-state index in [4.69, 9.17) is 11.6 Å². The molecule has 3 rings (SSSR count). The number of aryl methyl sites for hydroxylation is 1. The molecule has 1 aliphatic carbocycles. The Morgan fingerprint density at radius 3 is 2.47 bits per heavy atom. The van der Waals surface area contributed by atoms with Crippen LogP contribution in [0.4, 0.5) is 4.39 Å². The van der Waals surface area contributed by atoms with E-state index >= 15 is 0 Å². The second-order valence-electron chi connectivity index (χ2n) is 4.83. The Kier molecular flexibility index (Phi) is 3.47. The third kappa shape index (κ3) is 2.61. The van der Waals surface area contributed by atoms with Crippen LogP contribution in [0.2, 0.25) is 5.15 Å². The minimum absolute atomic E-state index is 0.260. The van der Waals surface area contributed by atoms with Crippen molar-refractivity contribution in [2.45, 2.75) is 32.1 Å². The van der Waals surface area contributed by atoms with E-state index in [0.29, 0.717) is 11.0 Å². The molecule has 98 valence electrons. The molecule has 19 heavy (non-hydrogen) atoms. The first-order chi connectivity index (χ1) is 9.24. The van der Waals surface area contributed by atoms with Gasteiger partial charge in [-0.15, -0.1) is 0 Å². The lowest BCUT2D eigenvalue weighted by atomic mass is 10.1. The van der Waals surface area contributed by atoms with Gasteiger partial charge in [0, 0.05) is 16.8 Å². The number of nitrogens with zero attached hydrogens (tertiary/aromatic N) is 2. The molecule has 1 aromatic carbocycles. The lowest BCUT2D eigenvalue weighted by Gasteiger charge is -2.09. The van der Waals surface area contributed by atoms with E-state index in [1.165, 1.54) is 18.6 Å². The van der Waals surface area contributed by atoms with Crippen LogP contribution in [-0.2, 0) is 12.8 Å². The fourth-order valence-electron chi connectivity index (χ4n) is 2.45. The third-order valence-corrected chi connectivity index (χ3v) is 3.80. The second kappa shape index (κ2) is 5.25. The Balaban J connectivity index is 2.06. The standard InChI is InChI=1S/C15H14ClFN2/c16-14-12-4-2-1-3-5-13(12)18-15(19-14)10-6-8-11(17)9-7-10/h6-9H,1-5H2. The Hall–Kier alpha value is -1.48. The SMILES string of the molecule is Fc1ccc(-c2nc(Cl)c3c(n2)CCCCC3)cc1. The summed E-state index contributed by atoms with van der Waals surface area (Å²) < 4.78 is 12.9. The first-order valence-corrected chi connectivity index (χ1v) is 6.93. The number of hydrogen-bond donors (Lipinski definition) is 0. The first kappa shape index (κ1) is 12.5. The van der Waals surface area contributed by atoms with Crippen molar-refractivity contribution >= 4 is 11.6 Å². The smallest absolute Gasteiger partial charge is 0.161 e. The van der Waals surface area contributed by atoms with E-state index in [9.17, 15) is 4.39 Å². The zero-order valence-electron chi connectivity index (χ0n) is 10.5. The maximum absolute atomic E-state index is 12.9. The highest BCUT2D eigenvalue weighted by Gasteiger charge is 2.16. The maximum atomic E-state index is 12.9. The van der Waals surface area contributed by atoms with E-state index < -0.39 is 0 Å². The molecule has 2 nitrogen and oxygen atoms in total. The van der Waals surface area contributed by atoms with Crippen LogP contribution < -0.4 is 0 Å². The number of benzene rings is 1. The normalized spacial score (nSPS) is 14.8. The molecule has 0 unspecified atom stereocenters. The molecule has 1 heterocycles. The average molecular weight is 277 g/mol. The summed E-state index contributed by atoms with van der Waals surface area (Å²) in [5.74, 6) is 0.329. The molecular formula is C15H14ClFN2. The summed E-state index contributed by atoms with van der Waals surface area (Å²) in [5, 5.41) is 0.547. The van der Waals surface area contributed by atoms with Gasteiger partial charge in [-0.05, 0) is 49.9 Å². The first-order valence-electron chi connectivity index (χ1n) is 6.55. The van der Waals surface area contributed by atoms with Crippen molar-refractivity contribution in [3.63, 3.8) is 0 Å². The van der Waals surface area contributed by atoms with Gasteiger partial charge in [0.25, 0.3) is 0 Å². The Morgan fingerprint density at radius 1 is 0.947 bits per heavy atom. The zero-order chi connectivity index (χ0) is 13.2. The van der Waals surface area contributed by atoms with Crippen LogP contribution in [0.3, 0.4) is 0 Å². The van der Waals surface area contributed by atoms with Crippen molar-refractivity contribution in [2.24, 2.45) is 0 Å². The largest absolute Gasteiger partial charge is 0.233 e. The minimum atomic E-state index is -0.260. The highest BCUT2D eigenvalue weighted by atomic mass is 35.5. The van der Waals surface area contributed by atoms with Gasteiger partial charge in [-0.25, -0.2) is 14.4 Å². The van der Waals surface area contributed by atoms with Crippen molar-refractivity contribution in [2.75, 3.05) is 0 Å². The van der Waals surface area contributed by atoms with Gasteiger partial charge in [-0.1, -0.05) is 18.0 Å². The van der Waals surface area contributed by atoms with E-state index in [0.717, 1.165) is 42.5 Å². The fourth-order valence-corrected chi connectivity index (χ4v) is 2.74. The summed E-state index contributed by atoms with van der Waals surface area (Å²) >= 11 is 6.28. The minimum Gasteiger partial charge on any atom is -0.233 e. The molecule has 0 bridgehead atoms. The summed E-state index contributed by atoms with van der Waals surface area (Å²) in [6, 6.07) is 6.20. The van der Waals surface area contributed by atoms with Crippen molar-refractivity contribution in [1.82, 2.24) is 9.97 Å². The van der Waals surface area contributed by atoms with E-state index in [-0.39, 0.29) is 5.82 Å². The summed E-state index contributed by atoms with van der Waals surface area (Å²) in [7, 11) is 0. The van der Waals surface area contributed by atoms with Crippen LogP contribution in [0.25, 0.3) is 11.4 Å². The number of rotatable bonds is 1. The molecule has 0 saturated carbocycles. The van der Waals surface area contributed by atoms with Gasteiger partial charge in [-0.2, -0.15) is 0 Å². The van der Waals surface area contributed by atoms with Gasteiger partial charge in [0.2, 0.25) is 0 Å². The lowest BCUT2D eigenvalue weighted by molar-refractivity contribution is 0.628. The van der Waals surface area contributed by atoms with E-state index in [1.807, 2.05) is 0 Å². The molecule has 0 spiro atoms. The number of fused-ring (bicyclic) bond motifs is 1. The quantitative estimate of drug-likeness (QED) is 0.576. The molecule has 4 heteroatoms. The summed E-state index contributed by atoms with van der Waals surface area (Å²) in [6.45, 7) is 0. The van der Waals surface area contributed by atoms with E-state index in [1.54, 1.807) is 12.1 Å². The Morgan fingerprint density at radius 2 is 1.68 bits per heavy atom. The molecule has 1 aromatic heterocycles. The second-order valence-corrected chi connectivity index (χ2v) is 5.19. The zero-order valence-corrected chi connectivity index (χ0v) is 11.3. The number of aromatic nitrogens is 2. The van der Waals surface area contributed by atoms with E-state index in [2.05, 4.69) is 9.97 Å². The van der Waals surface area contributed by atoms with Crippen LogP contribution in [0.1, 0.15) is 30.5 Å². The topological polar surface area (TPSA) is 25.8 Å². The van der Waals surface area contributed by atoms with Crippen LogP contribution in [0.5, 0.6) is 0 Å². The molecule has 1 aliphatic rings. The highest BCUT2D eigenvalue weighted by molar-refractivity contribution is 6.30. The Bertz CT molecular complexity index is 596. The molecular weight excluding hydrogens is 263 g/mol. The maximum Gasteiger partial charge on any atom is 0.161 e. The predicted octanol–water partition coefficient (Wildman–Crippen LogP) is 4.21. The summed E-state index contributed by atoms with van der Waals surface area (Å²) in [5.41, 5.74) is 2.94. The van der Waals surface area contributed by atoms with Crippen molar-refractivity contribution in [3.8, 4) is 11.4 Å². The van der Waals surface area contributed by atoms with Gasteiger partial charge in [0.15, 0.2) is 5.82 Å². The van der Waals surface area contributed by atoms with Gasteiger partial charge in [0.1, 0.15) is 11.0 Å². The molecule has 0 radical (unpaired) electrons. The molecule has 0 N–H and O–H groups in total. The van der Waals surface area contributed by atoms with Gasteiger partial charge in [-0.3, -0.25) is 0 Å². The molecule has 0 fully saturated rings. The van der Waals surface area contributed by atoms with Crippen molar-refractivity contribution < 1.29 is 4.39 Å². The van der Waals surface area contributed by atoms with Gasteiger partial charge in [0.05, 0.1) is 0 Å². The molecule has 0 amide bonds. The molecule has 0 saturated heterocycles. The summed E-state index contributed by atoms with van der Waals surface area (Å²) in [6.07, 6.45) is 5.40. The van der Waals surface area contributed by atoms with Gasteiger partial charge >= 0.3 is 0 Å². The fraction of sp³-hybridized carbons (Fsp3) is 0.333. The Labute approximate surface area is 116 Å². The van der Waals surface area contributed by atoms with Crippen LogP contribution in [0, 0.1) is 5.82 Å². The van der Waals surface area contributed by atoms with Crippen LogP contribution in [0.15, 0.2) is 24.3 Å². The van der Waals surface area contributed by atoms with Crippen molar-refractivity contribution in [1.29, 1.82) is 0 Å². The average Bonchev–Trinajstić information content (AvgIpc) is 2.65. The monoisotopic (exact) mass is 276 g/mol. The predicted molar refractivity (Wildman–Crippen MR) is 73.7 cm³/mol. The van der Waals surface area contributed by atoms with Crippen LogP contribution >= 0.6 is 11.6 Å².